The minimum Gasteiger partial charge on any atom is -0.383 e. The van der Waals surface area contributed by atoms with Crippen molar-refractivity contribution in [3.8, 4) is 6.07 Å². The minimum atomic E-state index is 0.437. The van der Waals surface area contributed by atoms with Crippen molar-refractivity contribution in [1.82, 2.24) is 15.2 Å². The number of aromatic amines is 1. The number of rotatable bonds is 0. The highest BCUT2D eigenvalue weighted by Crippen LogP contribution is 2.30. The third kappa shape index (κ3) is 1.10. The number of aromatic nitrogens is 3. The largest absolute Gasteiger partial charge is 0.383 e. The van der Waals surface area contributed by atoms with Crippen molar-refractivity contribution in [3.05, 3.63) is 16.8 Å². The normalized spacial score (nSPS) is 14.7. The number of hydrogen-bond acceptors (Lipinski definition) is 4. The Morgan fingerprint density at radius 2 is 2.12 bits per heavy atom. The zero-order valence-electron chi connectivity index (χ0n) is 8.75. The summed E-state index contributed by atoms with van der Waals surface area (Å²) >= 11 is 0. The van der Waals surface area contributed by atoms with Crippen LogP contribution in [0.5, 0.6) is 0 Å². The summed E-state index contributed by atoms with van der Waals surface area (Å²) in [5, 5.41) is 16.7. The van der Waals surface area contributed by atoms with Crippen LogP contribution >= 0.6 is 0 Å². The molecule has 16 heavy (non-hydrogen) atoms. The summed E-state index contributed by atoms with van der Waals surface area (Å²) in [6, 6.07) is 2.25. The number of fused-ring (bicyclic) bond motifs is 2. The van der Waals surface area contributed by atoms with Gasteiger partial charge in [-0.2, -0.15) is 10.4 Å². The van der Waals surface area contributed by atoms with Gasteiger partial charge < -0.3 is 5.73 Å². The topological polar surface area (TPSA) is 91.4 Å². The van der Waals surface area contributed by atoms with Crippen LogP contribution in [0.15, 0.2) is 0 Å². The lowest BCUT2D eigenvalue weighted by Gasteiger charge is -2.15. The number of anilines is 1. The summed E-state index contributed by atoms with van der Waals surface area (Å²) in [6.07, 6.45) is 4.11. The van der Waals surface area contributed by atoms with Gasteiger partial charge in [0.05, 0.1) is 10.9 Å². The number of nitrogens with two attached hydrogens (primary N) is 1. The van der Waals surface area contributed by atoms with Gasteiger partial charge in [-0.25, -0.2) is 4.98 Å². The average molecular weight is 213 g/mol. The summed E-state index contributed by atoms with van der Waals surface area (Å²) in [6.45, 7) is 0. The first-order valence-corrected chi connectivity index (χ1v) is 5.36. The maximum Gasteiger partial charge on any atom is 0.184 e. The minimum absolute atomic E-state index is 0.437. The van der Waals surface area contributed by atoms with Crippen molar-refractivity contribution in [2.24, 2.45) is 0 Å². The van der Waals surface area contributed by atoms with E-state index in [9.17, 15) is 5.26 Å². The number of pyridine rings is 1. The van der Waals surface area contributed by atoms with Crippen LogP contribution in [0.1, 0.15) is 29.7 Å². The number of aryl methyl sites for hydroxylation is 1. The van der Waals surface area contributed by atoms with E-state index in [2.05, 4.69) is 21.3 Å². The van der Waals surface area contributed by atoms with Gasteiger partial charge in [-0.3, -0.25) is 5.10 Å². The van der Waals surface area contributed by atoms with E-state index in [1.165, 1.54) is 0 Å². The van der Waals surface area contributed by atoms with Crippen LogP contribution in [0.4, 0.5) is 5.82 Å². The number of nitriles is 1. The number of nitrogens with one attached hydrogen (secondary N) is 1. The van der Waals surface area contributed by atoms with Crippen LogP contribution in [0, 0.1) is 11.3 Å². The third-order valence-corrected chi connectivity index (χ3v) is 3.12. The number of nitrogens with zero attached hydrogens (tertiary/aromatic N) is 3. The molecule has 5 nitrogen and oxygen atoms in total. The molecule has 3 N–H and O–H groups in total. The molecule has 0 fully saturated rings. The fourth-order valence-electron chi connectivity index (χ4n) is 2.36. The van der Waals surface area contributed by atoms with Crippen LogP contribution in [0.25, 0.3) is 11.0 Å². The summed E-state index contributed by atoms with van der Waals surface area (Å²) in [5.74, 6) is 0.437. The molecule has 3 rings (SSSR count). The third-order valence-electron chi connectivity index (χ3n) is 3.12. The summed E-state index contributed by atoms with van der Waals surface area (Å²) < 4.78 is 0. The van der Waals surface area contributed by atoms with Crippen molar-refractivity contribution in [2.45, 2.75) is 25.7 Å². The molecule has 5 heteroatoms. The van der Waals surface area contributed by atoms with Crippen LogP contribution in [-0.2, 0) is 12.8 Å². The first kappa shape index (κ1) is 9.16. The Morgan fingerprint density at radius 3 is 2.94 bits per heavy atom. The van der Waals surface area contributed by atoms with Crippen molar-refractivity contribution >= 4 is 16.9 Å². The Bertz CT molecular complexity index is 605. The number of H-pyrrole nitrogens is 1. The summed E-state index contributed by atoms with van der Waals surface area (Å²) in [4.78, 5) is 4.47. The van der Waals surface area contributed by atoms with Crippen molar-refractivity contribution in [3.63, 3.8) is 0 Å². The molecule has 2 aromatic heterocycles. The predicted molar refractivity (Wildman–Crippen MR) is 59.7 cm³/mol. The molecule has 0 spiro atoms. The first-order valence-electron chi connectivity index (χ1n) is 5.36. The van der Waals surface area contributed by atoms with E-state index in [-0.39, 0.29) is 0 Å². The molecule has 0 bridgehead atoms. The van der Waals surface area contributed by atoms with Crippen LogP contribution in [0.3, 0.4) is 0 Å². The molecule has 0 atom stereocenters. The molecular weight excluding hydrogens is 202 g/mol. The second-order valence-corrected chi connectivity index (χ2v) is 4.07. The summed E-state index contributed by atoms with van der Waals surface area (Å²) in [5.41, 5.74) is 9.08. The van der Waals surface area contributed by atoms with Gasteiger partial charge in [0.2, 0.25) is 0 Å². The molecule has 0 saturated heterocycles. The molecule has 1 aliphatic carbocycles. The Morgan fingerprint density at radius 1 is 1.31 bits per heavy atom. The molecule has 2 aromatic rings. The smallest absolute Gasteiger partial charge is 0.184 e. The second-order valence-electron chi connectivity index (χ2n) is 4.07. The van der Waals surface area contributed by atoms with Gasteiger partial charge in [-0.15, -0.1) is 0 Å². The Kier molecular flexibility index (Phi) is 1.83. The van der Waals surface area contributed by atoms with Gasteiger partial charge >= 0.3 is 0 Å². The molecule has 0 radical (unpaired) electrons. The molecule has 0 amide bonds. The lowest BCUT2D eigenvalue weighted by Crippen LogP contribution is -2.08. The molecule has 0 saturated carbocycles. The van der Waals surface area contributed by atoms with Gasteiger partial charge in [0.25, 0.3) is 0 Å². The Hall–Kier alpha value is -2.09. The fraction of sp³-hybridized carbons (Fsp3) is 0.364. The zero-order valence-corrected chi connectivity index (χ0v) is 8.75. The molecule has 80 valence electrons. The number of nitrogen functional groups attached to an aromatic ring is 1. The standard InChI is InChI=1S/C11H11N5/c12-5-7-6-3-1-2-4-8(6)14-11-9(7)10(13)15-16-11/h1-4H2,(H3,13,14,15,16). The van der Waals surface area contributed by atoms with Gasteiger partial charge in [0.1, 0.15) is 11.9 Å². The van der Waals surface area contributed by atoms with E-state index < -0.39 is 0 Å². The molecule has 0 aromatic carbocycles. The molecule has 0 unspecified atom stereocenters. The molecule has 1 aliphatic rings. The molecule has 2 heterocycles. The van der Waals surface area contributed by atoms with E-state index in [4.69, 9.17) is 5.73 Å². The SMILES string of the molecule is N#Cc1c2c(nc3n[nH]c(N)c13)CCCC2. The lowest BCUT2D eigenvalue weighted by atomic mass is 9.91. The second kappa shape index (κ2) is 3.20. The van der Waals surface area contributed by atoms with Crippen molar-refractivity contribution in [1.29, 1.82) is 5.26 Å². The van der Waals surface area contributed by atoms with Crippen LogP contribution in [0.2, 0.25) is 0 Å². The van der Waals surface area contributed by atoms with E-state index in [1.54, 1.807) is 0 Å². The quantitative estimate of drug-likeness (QED) is 0.689. The number of hydrogen-bond donors (Lipinski definition) is 2. The van der Waals surface area contributed by atoms with E-state index in [1.807, 2.05) is 0 Å². The Balaban J connectivity index is 2.43. The van der Waals surface area contributed by atoms with Crippen molar-refractivity contribution in [2.75, 3.05) is 5.73 Å². The maximum atomic E-state index is 9.26. The highest BCUT2D eigenvalue weighted by Gasteiger charge is 2.20. The Labute approximate surface area is 92.3 Å². The molecular formula is C11H11N5. The first-order chi connectivity index (χ1) is 7.81. The van der Waals surface area contributed by atoms with Crippen LogP contribution in [-0.4, -0.2) is 15.2 Å². The van der Waals surface area contributed by atoms with E-state index >= 15 is 0 Å². The predicted octanol–water partition coefficient (Wildman–Crippen LogP) is 1.29. The highest BCUT2D eigenvalue weighted by atomic mass is 15.2. The summed E-state index contributed by atoms with van der Waals surface area (Å²) in [7, 11) is 0. The fourth-order valence-corrected chi connectivity index (χ4v) is 2.36. The van der Waals surface area contributed by atoms with Gasteiger partial charge in [0, 0.05) is 5.69 Å². The monoisotopic (exact) mass is 213 g/mol. The van der Waals surface area contributed by atoms with Crippen LogP contribution < -0.4 is 5.73 Å². The highest BCUT2D eigenvalue weighted by molar-refractivity contribution is 5.92. The maximum absolute atomic E-state index is 9.26. The molecule has 0 aliphatic heterocycles. The van der Waals surface area contributed by atoms with Crippen molar-refractivity contribution < 1.29 is 0 Å². The average Bonchev–Trinajstić information content (AvgIpc) is 2.68. The van der Waals surface area contributed by atoms with Gasteiger partial charge in [-0.1, -0.05) is 0 Å². The zero-order chi connectivity index (χ0) is 11.1. The lowest BCUT2D eigenvalue weighted by molar-refractivity contribution is 0.669. The van der Waals surface area contributed by atoms with E-state index in [0.29, 0.717) is 22.4 Å². The van der Waals surface area contributed by atoms with Gasteiger partial charge in [0.15, 0.2) is 5.65 Å². The van der Waals surface area contributed by atoms with E-state index in [0.717, 1.165) is 36.9 Å². The van der Waals surface area contributed by atoms with Gasteiger partial charge in [-0.05, 0) is 31.2 Å².